The van der Waals surface area contributed by atoms with Crippen LogP contribution in [-0.2, 0) is 11.8 Å². The first-order chi connectivity index (χ1) is 13.3. The summed E-state index contributed by atoms with van der Waals surface area (Å²) in [5.74, 6) is -0.293. The second-order valence-electron chi connectivity index (χ2n) is 8.35. The molecule has 0 radical (unpaired) electrons. The van der Waals surface area contributed by atoms with Crippen molar-refractivity contribution in [2.45, 2.75) is 51.5 Å². The zero-order valence-corrected chi connectivity index (χ0v) is 16.4. The van der Waals surface area contributed by atoms with Crippen LogP contribution in [-0.4, -0.2) is 25.9 Å². The molecule has 0 spiro atoms. The van der Waals surface area contributed by atoms with E-state index in [2.05, 4.69) is 65.6 Å². The van der Waals surface area contributed by atoms with Crippen LogP contribution in [0.3, 0.4) is 0 Å². The van der Waals surface area contributed by atoms with Gasteiger partial charge in [0.2, 0.25) is 0 Å². The number of H-pyrrole nitrogens is 2. The Morgan fingerprint density at radius 1 is 1.21 bits per heavy atom. The lowest BCUT2D eigenvalue weighted by molar-refractivity contribution is 0.0927. The molecule has 1 aromatic carbocycles. The van der Waals surface area contributed by atoms with Crippen LogP contribution < -0.4 is 10.9 Å². The van der Waals surface area contributed by atoms with E-state index in [4.69, 9.17) is 0 Å². The lowest BCUT2D eigenvalue weighted by atomic mass is 9.87. The smallest absolute Gasteiger partial charge is 0.269 e. The molecule has 2 aromatic heterocycles. The van der Waals surface area contributed by atoms with Crippen LogP contribution in [0.25, 0.3) is 5.69 Å². The van der Waals surface area contributed by atoms with Crippen LogP contribution >= 0.6 is 0 Å². The summed E-state index contributed by atoms with van der Waals surface area (Å²) in [6.07, 6.45) is 4.58. The summed E-state index contributed by atoms with van der Waals surface area (Å²) < 4.78 is 1.97. The van der Waals surface area contributed by atoms with Gasteiger partial charge in [-0.05, 0) is 42.4 Å². The van der Waals surface area contributed by atoms with E-state index in [9.17, 15) is 9.59 Å². The van der Waals surface area contributed by atoms with Gasteiger partial charge in [-0.25, -0.2) is 4.68 Å². The SMILES string of the molecule is CC(C)(C)c1ccc(-n2ncc3c2CCC[C@@H]3NC(=O)c2cc(=O)[nH][nH]2)cc1. The first kappa shape index (κ1) is 18.3. The van der Waals surface area contributed by atoms with Crippen LogP contribution in [0.5, 0.6) is 0 Å². The van der Waals surface area contributed by atoms with Crippen LogP contribution in [0.4, 0.5) is 0 Å². The number of amides is 1. The number of nitrogens with one attached hydrogen (secondary N) is 3. The van der Waals surface area contributed by atoms with Crippen molar-refractivity contribution in [3.63, 3.8) is 0 Å². The summed E-state index contributed by atoms with van der Waals surface area (Å²) in [4.78, 5) is 23.7. The molecular weight excluding hydrogens is 354 g/mol. The normalized spacial score (nSPS) is 16.6. The van der Waals surface area contributed by atoms with E-state index in [1.165, 1.54) is 11.6 Å². The van der Waals surface area contributed by atoms with Gasteiger partial charge < -0.3 is 5.32 Å². The molecule has 146 valence electrons. The van der Waals surface area contributed by atoms with Gasteiger partial charge in [0.25, 0.3) is 11.5 Å². The van der Waals surface area contributed by atoms with Crippen molar-refractivity contribution in [2.24, 2.45) is 0 Å². The fraction of sp³-hybridized carbons (Fsp3) is 0.381. The number of rotatable bonds is 3. The number of hydrogen-bond donors (Lipinski definition) is 3. The predicted molar refractivity (Wildman–Crippen MR) is 107 cm³/mol. The minimum atomic E-state index is -0.319. The Kier molecular flexibility index (Phi) is 4.45. The summed E-state index contributed by atoms with van der Waals surface area (Å²) in [5.41, 5.74) is 4.50. The quantitative estimate of drug-likeness (QED) is 0.653. The van der Waals surface area contributed by atoms with E-state index < -0.39 is 0 Å². The fourth-order valence-corrected chi connectivity index (χ4v) is 3.72. The maximum absolute atomic E-state index is 12.4. The summed E-state index contributed by atoms with van der Waals surface area (Å²) in [7, 11) is 0. The first-order valence-corrected chi connectivity index (χ1v) is 9.59. The molecule has 7 heteroatoms. The highest BCUT2D eigenvalue weighted by Crippen LogP contribution is 2.32. The van der Waals surface area contributed by atoms with Crippen LogP contribution in [0.15, 0.2) is 41.3 Å². The number of benzene rings is 1. The predicted octanol–water partition coefficient (Wildman–Crippen LogP) is 2.99. The van der Waals surface area contributed by atoms with Gasteiger partial charge in [0.05, 0.1) is 17.9 Å². The lowest BCUT2D eigenvalue weighted by Gasteiger charge is -2.24. The summed E-state index contributed by atoms with van der Waals surface area (Å²) >= 11 is 0. The Morgan fingerprint density at radius 3 is 2.61 bits per heavy atom. The molecule has 1 amide bonds. The number of fused-ring (bicyclic) bond motifs is 1. The minimum absolute atomic E-state index is 0.108. The zero-order valence-electron chi connectivity index (χ0n) is 16.4. The Morgan fingerprint density at radius 2 is 1.96 bits per heavy atom. The number of hydrogen-bond acceptors (Lipinski definition) is 3. The fourth-order valence-electron chi connectivity index (χ4n) is 3.72. The van der Waals surface area contributed by atoms with Gasteiger partial charge in [0, 0.05) is 17.3 Å². The van der Waals surface area contributed by atoms with Crippen LogP contribution in [0.2, 0.25) is 0 Å². The molecule has 0 saturated carbocycles. The summed E-state index contributed by atoms with van der Waals surface area (Å²) in [6, 6.07) is 9.64. The van der Waals surface area contributed by atoms with Crippen molar-refractivity contribution < 1.29 is 4.79 Å². The Balaban J connectivity index is 1.59. The molecule has 7 nitrogen and oxygen atoms in total. The van der Waals surface area contributed by atoms with Crippen molar-refractivity contribution in [1.82, 2.24) is 25.3 Å². The first-order valence-electron chi connectivity index (χ1n) is 9.59. The van der Waals surface area contributed by atoms with Gasteiger partial charge in [0.1, 0.15) is 5.69 Å². The van der Waals surface area contributed by atoms with E-state index in [1.54, 1.807) is 0 Å². The highest BCUT2D eigenvalue weighted by Gasteiger charge is 2.27. The van der Waals surface area contributed by atoms with Gasteiger partial charge in [0.15, 0.2) is 0 Å². The standard InChI is InChI=1S/C21H25N5O2/c1-21(2,3)13-7-9-14(10-8-13)26-18-6-4-5-16(15(18)12-22-26)23-20(28)17-11-19(27)25-24-17/h7-12,16H,4-6H2,1-3H3,(H,23,28)(H2,24,25,27)/t16-/m0/s1. The van der Waals surface area contributed by atoms with Gasteiger partial charge in [-0.15, -0.1) is 0 Å². The zero-order chi connectivity index (χ0) is 19.9. The van der Waals surface area contributed by atoms with Crippen molar-refractivity contribution in [1.29, 1.82) is 0 Å². The number of aromatic amines is 2. The maximum atomic E-state index is 12.4. The van der Waals surface area contributed by atoms with Crippen molar-refractivity contribution >= 4 is 5.91 Å². The van der Waals surface area contributed by atoms with E-state index in [1.807, 2.05) is 10.9 Å². The molecule has 0 fully saturated rings. The molecule has 3 aromatic rings. The third kappa shape index (κ3) is 3.40. The van der Waals surface area contributed by atoms with E-state index >= 15 is 0 Å². The number of carbonyl (C=O) groups excluding carboxylic acids is 1. The molecule has 1 aliphatic carbocycles. The molecule has 2 heterocycles. The van der Waals surface area contributed by atoms with E-state index in [0.717, 1.165) is 36.2 Å². The molecule has 1 atom stereocenters. The summed E-state index contributed by atoms with van der Waals surface area (Å²) in [6.45, 7) is 6.59. The number of nitrogens with zero attached hydrogens (tertiary/aromatic N) is 2. The molecule has 3 N–H and O–H groups in total. The molecule has 4 rings (SSSR count). The molecule has 0 unspecified atom stereocenters. The van der Waals surface area contributed by atoms with E-state index in [-0.39, 0.29) is 28.6 Å². The van der Waals surface area contributed by atoms with Crippen molar-refractivity contribution in [3.05, 3.63) is 69.4 Å². The topological polar surface area (TPSA) is 95.6 Å². The van der Waals surface area contributed by atoms with Crippen LogP contribution in [0, 0.1) is 0 Å². The molecule has 0 bridgehead atoms. The van der Waals surface area contributed by atoms with Gasteiger partial charge in [-0.2, -0.15) is 5.10 Å². The highest BCUT2D eigenvalue weighted by atomic mass is 16.2. The second kappa shape index (κ2) is 6.82. The Labute approximate surface area is 163 Å². The van der Waals surface area contributed by atoms with Gasteiger partial charge >= 0.3 is 0 Å². The van der Waals surface area contributed by atoms with Gasteiger partial charge in [-0.3, -0.25) is 19.8 Å². The lowest BCUT2D eigenvalue weighted by Crippen LogP contribution is -2.31. The maximum Gasteiger partial charge on any atom is 0.269 e. The molecular formula is C21H25N5O2. The summed E-state index contributed by atoms with van der Waals surface area (Å²) in [5, 5.41) is 12.6. The Bertz CT molecular complexity index is 1050. The van der Waals surface area contributed by atoms with Crippen molar-refractivity contribution in [3.8, 4) is 5.69 Å². The second-order valence-corrected chi connectivity index (χ2v) is 8.35. The average Bonchev–Trinajstić information content (AvgIpc) is 3.28. The molecule has 0 saturated heterocycles. The van der Waals surface area contributed by atoms with Crippen LogP contribution in [0.1, 0.15) is 67.0 Å². The molecule has 28 heavy (non-hydrogen) atoms. The average molecular weight is 379 g/mol. The largest absolute Gasteiger partial charge is 0.344 e. The number of carbonyl (C=O) groups is 1. The monoisotopic (exact) mass is 379 g/mol. The van der Waals surface area contributed by atoms with E-state index in [0.29, 0.717) is 0 Å². The molecule has 1 aliphatic rings. The molecule has 0 aliphatic heterocycles. The number of aromatic nitrogens is 4. The minimum Gasteiger partial charge on any atom is -0.344 e. The highest BCUT2D eigenvalue weighted by molar-refractivity contribution is 5.92. The van der Waals surface area contributed by atoms with Crippen molar-refractivity contribution in [2.75, 3.05) is 0 Å². The third-order valence-corrected chi connectivity index (χ3v) is 5.31. The van der Waals surface area contributed by atoms with Gasteiger partial charge in [-0.1, -0.05) is 32.9 Å². The third-order valence-electron chi connectivity index (χ3n) is 5.31. The Hall–Kier alpha value is -3.09.